The average molecular weight is 396 g/mol. The van der Waals surface area contributed by atoms with Gasteiger partial charge in [0.05, 0.1) is 5.69 Å². The number of aryl methyl sites for hydroxylation is 2. The second kappa shape index (κ2) is 7.59. The van der Waals surface area contributed by atoms with Crippen molar-refractivity contribution in [2.24, 2.45) is 4.99 Å². The largest absolute Gasteiger partial charge is 0.493 e. The first-order valence-electron chi connectivity index (χ1n) is 7.33. The van der Waals surface area contributed by atoms with Crippen LogP contribution in [0.3, 0.4) is 0 Å². The molecule has 0 amide bonds. The summed E-state index contributed by atoms with van der Waals surface area (Å²) in [5.74, 6) is -0.486. The predicted molar refractivity (Wildman–Crippen MR) is 95.7 cm³/mol. The van der Waals surface area contributed by atoms with Crippen LogP contribution in [0.1, 0.15) is 23.1 Å². The molecule has 128 valence electrons. The number of aromatic nitrogens is 2. The molecule has 0 aliphatic rings. The van der Waals surface area contributed by atoms with Crippen LogP contribution in [-0.2, 0) is 0 Å². The van der Waals surface area contributed by atoms with Gasteiger partial charge in [0, 0.05) is 23.8 Å². The summed E-state index contributed by atoms with van der Waals surface area (Å²) in [6, 6.07) is 3.57. The molecular formula is C16H18BrN3O4. The molecule has 0 saturated carbocycles. The molecule has 0 spiro atoms. The number of aliphatic imine (C=N–C) groups is 1. The SMILES string of the molecule is Cc1cc(Br)c(-n2c(O)c(C=NCCCO)c(=O)[nH]c2=O)cc1C. The molecule has 7 nitrogen and oxygen atoms in total. The third-order valence-corrected chi connectivity index (χ3v) is 4.23. The van der Waals surface area contributed by atoms with Crippen LogP contribution >= 0.6 is 15.9 Å². The number of nitrogens with zero attached hydrogens (tertiary/aromatic N) is 2. The van der Waals surface area contributed by atoms with Gasteiger partial charge < -0.3 is 10.2 Å². The Kier molecular flexibility index (Phi) is 5.74. The molecule has 0 atom stereocenters. The number of hydrogen-bond acceptors (Lipinski definition) is 5. The number of benzene rings is 1. The lowest BCUT2D eigenvalue weighted by Crippen LogP contribution is -2.31. The van der Waals surface area contributed by atoms with Gasteiger partial charge in [-0.3, -0.25) is 14.8 Å². The summed E-state index contributed by atoms with van der Waals surface area (Å²) >= 11 is 3.38. The number of aliphatic hydroxyl groups excluding tert-OH is 1. The van der Waals surface area contributed by atoms with E-state index < -0.39 is 17.1 Å². The molecule has 2 rings (SSSR count). The average Bonchev–Trinajstić information content (AvgIpc) is 2.51. The first-order chi connectivity index (χ1) is 11.4. The summed E-state index contributed by atoms with van der Waals surface area (Å²) in [5.41, 5.74) is 0.798. The number of aliphatic hydroxyl groups is 1. The predicted octanol–water partition coefficient (Wildman–Crippen LogP) is 1.41. The number of H-pyrrole nitrogens is 1. The van der Waals surface area contributed by atoms with E-state index in [1.54, 1.807) is 6.07 Å². The Balaban J connectivity index is 2.64. The first-order valence-corrected chi connectivity index (χ1v) is 8.12. The lowest BCUT2D eigenvalue weighted by molar-refractivity contribution is 0.291. The second-order valence-corrected chi connectivity index (χ2v) is 6.19. The summed E-state index contributed by atoms with van der Waals surface area (Å²) < 4.78 is 1.63. The maximum atomic E-state index is 12.2. The highest BCUT2D eigenvalue weighted by molar-refractivity contribution is 9.10. The topological polar surface area (TPSA) is 108 Å². The maximum Gasteiger partial charge on any atom is 0.335 e. The van der Waals surface area contributed by atoms with E-state index in [4.69, 9.17) is 5.11 Å². The summed E-state index contributed by atoms with van der Waals surface area (Å²) in [6.07, 6.45) is 1.65. The van der Waals surface area contributed by atoms with Crippen molar-refractivity contribution in [2.45, 2.75) is 20.3 Å². The lowest BCUT2D eigenvalue weighted by Gasteiger charge is -2.13. The third kappa shape index (κ3) is 3.65. The monoisotopic (exact) mass is 395 g/mol. The lowest BCUT2D eigenvalue weighted by atomic mass is 10.1. The molecule has 2 aromatic rings. The highest BCUT2D eigenvalue weighted by atomic mass is 79.9. The number of halogens is 1. The molecule has 0 aliphatic heterocycles. The molecule has 24 heavy (non-hydrogen) atoms. The molecule has 0 saturated heterocycles. The zero-order chi connectivity index (χ0) is 17.9. The van der Waals surface area contributed by atoms with Gasteiger partial charge in [-0.05, 0) is 59.5 Å². The quantitative estimate of drug-likeness (QED) is 0.525. The molecule has 0 fully saturated rings. The van der Waals surface area contributed by atoms with Crippen molar-refractivity contribution >= 4 is 22.1 Å². The van der Waals surface area contributed by atoms with Gasteiger partial charge in [0.15, 0.2) is 0 Å². The Labute approximate surface area is 146 Å². The van der Waals surface area contributed by atoms with Crippen molar-refractivity contribution in [3.05, 3.63) is 54.1 Å². The number of aromatic hydroxyl groups is 1. The van der Waals surface area contributed by atoms with E-state index in [0.29, 0.717) is 23.1 Å². The van der Waals surface area contributed by atoms with Gasteiger partial charge >= 0.3 is 5.69 Å². The normalized spacial score (nSPS) is 11.3. The fourth-order valence-electron chi connectivity index (χ4n) is 2.13. The van der Waals surface area contributed by atoms with Crippen molar-refractivity contribution in [3.63, 3.8) is 0 Å². The Hall–Kier alpha value is -2.19. The highest BCUT2D eigenvalue weighted by Gasteiger charge is 2.16. The number of hydrogen-bond donors (Lipinski definition) is 3. The minimum atomic E-state index is -0.742. The fraction of sp³-hybridized carbons (Fsp3) is 0.312. The fourth-order valence-corrected chi connectivity index (χ4v) is 2.77. The van der Waals surface area contributed by atoms with E-state index in [9.17, 15) is 14.7 Å². The van der Waals surface area contributed by atoms with E-state index in [2.05, 4.69) is 25.9 Å². The van der Waals surface area contributed by atoms with E-state index in [1.807, 2.05) is 19.9 Å². The Morgan fingerprint density at radius 2 is 1.96 bits per heavy atom. The molecule has 0 unspecified atom stereocenters. The van der Waals surface area contributed by atoms with E-state index >= 15 is 0 Å². The Bertz CT molecular complexity index is 899. The van der Waals surface area contributed by atoms with Crippen molar-refractivity contribution in [2.75, 3.05) is 13.2 Å². The van der Waals surface area contributed by atoms with Crippen LogP contribution in [-0.4, -0.2) is 39.1 Å². The third-order valence-electron chi connectivity index (χ3n) is 3.59. The smallest absolute Gasteiger partial charge is 0.335 e. The zero-order valence-electron chi connectivity index (χ0n) is 13.3. The Morgan fingerprint density at radius 3 is 2.62 bits per heavy atom. The molecule has 1 heterocycles. The van der Waals surface area contributed by atoms with Gasteiger partial charge in [0.25, 0.3) is 5.56 Å². The summed E-state index contributed by atoms with van der Waals surface area (Å²) in [6.45, 7) is 4.10. The highest BCUT2D eigenvalue weighted by Crippen LogP contribution is 2.26. The van der Waals surface area contributed by atoms with Gasteiger partial charge in [-0.15, -0.1) is 0 Å². The molecule has 8 heteroatoms. The van der Waals surface area contributed by atoms with Gasteiger partial charge in [-0.1, -0.05) is 0 Å². The molecule has 0 radical (unpaired) electrons. The van der Waals surface area contributed by atoms with E-state index in [-0.39, 0.29) is 12.2 Å². The summed E-state index contributed by atoms with van der Waals surface area (Å²) in [4.78, 5) is 30.3. The second-order valence-electron chi connectivity index (χ2n) is 5.33. The van der Waals surface area contributed by atoms with Gasteiger partial charge in [0.2, 0.25) is 5.88 Å². The first kappa shape index (κ1) is 18.2. The van der Waals surface area contributed by atoms with Crippen molar-refractivity contribution in [1.82, 2.24) is 9.55 Å². The standard InChI is InChI=1S/C16H18BrN3O4/c1-9-6-12(17)13(7-10(9)2)20-15(23)11(8-18-4-3-5-21)14(22)19-16(20)24/h6-8,21,23H,3-5H2,1-2H3,(H,19,22,24). The van der Waals surface area contributed by atoms with E-state index in [1.165, 1.54) is 6.21 Å². The molecular weight excluding hydrogens is 378 g/mol. The van der Waals surface area contributed by atoms with Crippen LogP contribution in [0.25, 0.3) is 5.69 Å². The Morgan fingerprint density at radius 1 is 1.29 bits per heavy atom. The zero-order valence-corrected chi connectivity index (χ0v) is 14.9. The minimum Gasteiger partial charge on any atom is -0.493 e. The van der Waals surface area contributed by atoms with Crippen LogP contribution in [0.2, 0.25) is 0 Å². The number of rotatable bonds is 5. The number of aromatic amines is 1. The minimum absolute atomic E-state index is 0.0191. The van der Waals surface area contributed by atoms with Crippen LogP contribution in [0.15, 0.2) is 31.2 Å². The summed E-state index contributed by atoms with van der Waals surface area (Å²) in [5, 5.41) is 19.2. The van der Waals surface area contributed by atoms with Crippen LogP contribution in [0.5, 0.6) is 5.88 Å². The van der Waals surface area contributed by atoms with Gasteiger partial charge in [-0.2, -0.15) is 0 Å². The molecule has 1 aromatic heterocycles. The molecule has 1 aromatic carbocycles. The molecule has 3 N–H and O–H groups in total. The van der Waals surface area contributed by atoms with Crippen molar-refractivity contribution in [3.8, 4) is 11.6 Å². The molecule has 0 aliphatic carbocycles. The van der Waals surface area contributed by atoms with Gasteiger partial charge in [0.1, 0.15) is 5.56 Å². The maximum absolute atomic E-state index is 12.2. The summed E-state index contributed by atoms with van der Waals surface area (Å²) in [7, 11) is 0. The van der Waals surface area contributed by atoms with Crippen molar-refractivity contribution in [1.29, 1.82) is 0 Å². The van der Waals surface area contributed by atoms with Crippen LogP contribution in [0.4, 0.5) is 0 Å². The number of nitrogens with one attached hydrogen (secondary N) is 1. The van der Waals surface area contributed by atoms with Crippen molar-refractivity contribution < 1.29 is 10.2 Å². The van der Waals surface area contributed by atoms with Gasteiger partial charge in [-0.25, -0.2) is 9.36 Å². The molecule has 0 bridgehead atoms. The van der Waals surface area contributed by atoms with E-state index in [0.717, 1.165) is 15.7 Å². The van der Waals surface area contributed by atoms with Crippen LogP contribution in [0, 0.1) is 13.8 Å². The van der Waals surface area contributed by atoms with Crippen LogP contribution < -0.4 is 11.2 Å².